The summed E-state index contributed by atoms with van der Waals surface area (Å²) in [5.74, 6) is 0.644. The summed E-state index contributed by atoms with van der Waals surface area (Å²) in [7, 11) is 3.66. The highest BCUT2D eigenvalue weighted by molar-refractivity contribution is 6.07. The van der Waals surface area contributed by atoms with E-state index in [1.54, 1.807) is 24.1 Å². The third kappa shape index (κ3) is 7.86. The summed E-state index contributed by atoms with van der Waals surface area (Å²) in [4.78, 5) is 39.2. The lowest BCUT2D eigenvalue weighted by molar-refractivity contribution is 0.262. The highest BCUT2D eigenvalue weighted by atomic mass is 16.5. The number of carbonyl (C=O) groups excluding carboxylic acids is 1. The minimum absolute atomic E-state index is 0.192. The fourth-order valence-electron chi connectivity index (χ4n) is 5.88. The molecule has 0 fully saturated rings. The minimum Gasteiger partial charge on any atom is -0.497 e. The van der Waals surface area contributed by atoms with Crippen LogP contribution in [0.4, 0.5) is 16.2 Å². The summed E-state index contributed by atoms with van der Waals surface area (Å²) >= 11 is 0. The highest BCUT2D eigenvalue weighted by Gasteiger charge is 2.23. The molecular weight excluding hydrogens is 588 g/mol. The van der Waals surface area contributed by atoms with Crippen molar-refractivity contribution in [3.63, 3.8) is 0 Å². The molecule has 2 amide bonds. The van der Waals surface area contributed by atoms with Gasteiger partial charge < -0.3 is 15.4 Å². The second-order valence-electron chi connectivity index (χ2n) is 12.9. The van der Waals surface area contributed by atoms with E-state index in [2.05, 4.69) is 78.4 Å². The number of aryl methyl sites for hydroxylation is 1. The van der Waals surface area contributed by atoms with Gasteiger partial charge in [0.2, 0.25) is 0 Å². The Morgan fingerprint density at radius 3 is 2.47 bits per heavy atom. The van der Waals surface area contributed by atoms with Gasteiger partial charge in [0.15, 0.2) is 0 Å². The van der Waals surface area contributed by atoms with E-state index in [-0.39, 0.29) is 16.7 Å². The van der Waals surface area contributed by atoms with Crippen molar-refractivity contribution < 1.29 is 9.53 Å². The summed E-state index contributed by atoms with van der Waals surface area (Å²) in [6.45, 7) is 10.3. The van der Waals surface area contributed by atoms with Crippen LogP contribution in [0.3, 0.4) is 0 Å². The number of amides is 2. The van der Waals surface area contributed by atoms with Gasteiger partial charge in [0, 0.05) is 54.9 Å². The Morgan fingerprint density at radius 1 is 0.957 bits per heavy atom. The Labute approximate surface area is 276 Å². The number of hydrogen-bond acceptors (Lipinski definition) is 6. The van der Waals surface area contributed by atoms with Gasteiger partial charge in [0.25, 0.3) is 5.56 Å². The number of anilines is 2. The molecule has 0 aliphatic heterocycles. The van der Waals surface area contributed by atoms with Crippen molar-refractivity contribution in [1.29, 1.82) is 0 Å². The van der Waals surface area contributed by atoms with Crippen LogP contribution in [0, 0.1) is 0 Å². The van der Waals surface area contributed by atoms with Crippen LogP contribution in [0.25, 0.3) is 22.2 Å². The van der Waals surface area contributed by atoms with Gasteiger partial charge in [-0.05, 0) is 77.5 Å². The zero-order valence-electron chi connectivity index (χ0n) is 28.1. The van der Waals surface area contributed by atoms with E-state index in [1.807, 2.05) is 54.7 Å². The maximum Gasteiger partial charge on any atom is 0.323 e. The van der Waals surface area contributed by atoms with Crippen LogP contribution in [0.5, 0.6) is 5.75 Å². The number of methoxy groups -OCH3 is 1. The van der Waals surface area contributed by atoms with Crippen LogP contribution < -0.4 is 20.9 Å². The first kappa shape index (κ1) is 33.3. The molecule has 0 bridgehead atoms. The van der Waals surface area contributed by atoms with Gasteiger partial charge >= 0.3 is 6.03 Å². The molecule has 9 nitrogen and oxygen atoms in total. The maximum absolute atomic E-state index is 14.2. The summed E-state index contributed by atoms with van der Waals surface area (Å²) in [5, 5.41) is 6.84. The summed E-state index contributed by atoms with van der Waals surface area (Å²) in [6.07, 6.45) is 7.04. The van der Waals surface area contributed by atoms with Crippen LogP contribution >= 0.6 is 0 Å². The zero-order valence-corrected chi connectivity index (χ0v) is 28.1. The van der Waals surface area contributed by atoms with Gasteiger partial charge in [-0.15, -0.1) is 0 Å². The van der Waals surface area contributed by atoms with E-state index in [9.17, 15) is 9.59 Å². The van der Waals surface area contributed by atoms with Crippen LogP contribution in [0.2, 0.25) is 0 Å². The minimum atomic E-state index is -0.497. The summed E-state index contributed by atoms with van der Waals surface area (Å²) in [6, 6.07) is 21.0. The Kier molecular flexibility index (Phi) is 10.4. The van der Waals surface area contributed by atoms with Gasteiger partial charge in [-0.2, -0.15) is 0 Å². The Balaban J connectivity index is 1.53. The molecule has 0 unspecified atom stereocenters. The molecule has 244 valence electrons. The van der Waals surface area contributed by atoms with Gasteiger partial charge in [-0.25, -0.2) is 9.78 Å². The average Bonchev–Trinajstić information content (AvgIpc) is 3.05. The molecule has 5 aromatic rings. The van der Waals surface area contributed by atoms with Crippen molar-refractivity contribution in [3.8, 4) is 16.9 Å². The third-order valence-corrected chi connectivity index (χ3v) is 8.12. The molecular formula is C38H44N6O3. The first-order chi connectivity index (χ1) is 22.6. The molecule has 0 saturated heterocycles. The van der Waals surface area contributed by atoms with Crippen molar-refractivity contribution in [2.24, 2.45) is 0 Å². The lowest BCUT2D eigenvalue weighted by Gasteiger charge is -2.25. The van der Waals surface area contributed by atoms with Crippen molar-refractivity contribution in [2.45, 2.75) is 65.6 Å². The van der Waals surface area contributed by atoms with Gasteiger partial charge in [0.1, 0.15) is 17.1 Å². The van der Waals surface area contributed by atoms with E-state index in [0.717, 1.165) is 47.0 Å². The van der Waals surface area contributed by atoms with Crippen LogP contribution in [0.1, 0.15) is 57.2 Å². The Bertz CT molecular complexity index is 1910. The normalized spacial score (nSPS) is 11.6. The smallest absolute Gasteiger partial charge is 0.323 e. The van der Waals surface area contributed by atoms with Gasteiger partial charge in [-0.1, -0.05) is 64.4 Å². The molecule has 3 aromatic heterocycles. The summed E-state index contributed by atoms with van der Waals surface area (Å²) < 4.78 is 7.17. The number of nitrogens with one attached hydrogen (secondary N) is 2. The Hall–Kier alpha value is -5.02. The molecule has 0 saturated carbocycles. The molecule has 0 spiro atoms. The van der Waals surface area contributed by atoms with Gasteiger partial charge in [-0.3, -0.25) is 19.2 Å². The van der Waals surface area contributed by atoms with E-state index >= 15 is 0 Å². The topological polar surface area (TPSA) is 101 Å². The molecule has 9 heteroatoms. The Morgan fingerprint density at radius 2 is 1.74 bits per heavy atom. The van der Waals surface area contributed by atoms with Crippen molar-refractivity contribution in [3.05, 3.63) is 112 Å². The average molecular weight is 633 g/mol. The number of pyridine rings is 3. The number of ether oxygens (including phenoxy) is 1. The van der Waals surface area contributed by atoms with E-state index in [4.69, 9.17) is 4.74 Å². The number of fused-ring (bicyclic) bond motifs is 1. The second kappa shape index (κ2) is 14.6. The molecule has 2 aromatic carbocycles. The SMILES string of the molecule is CCCCn1c(=O)c(NC(=O)Nc2cc(CN(C)Cc3cccnc3)ccc2C(C)(C)C)c(-c2cccc(OC)c2)c2cccnc21. The molecule has 3 heterocycles. The molecule has 0 atom stereocenters. The number of nitrogens with zero attached hydrogens (tertiary/aromatic N) is 4. The van der Waals surface area contributed by atoms with Crippen LogP contribution in [-0.4, -0.2) is 39.6 Å². The molecule has 5 rings (SSSR count). The number of aromatic nitrogens is 3. The number of urea groups is 1. The molecule has 0 aliphatic rings. The van der Waals surface area contributed by atoms with Crippen LogP contribution in [-0.2, 0) is 25.0 Å². The molecule has 47 heavy (non-hydrogen) atoms. The molecule has 0 radical (unpaired) electrons. The van der Waals surface area contributed by atoms with Crippen molar-refractivity contribution in [1.82, 2.24) is 19.4 Å². The van der Waals surface area contributed by atoms with Gasteiger partial charge in [0.05, 0.1) is 7.11 Å². The number of carbonyl (C=O) groups is 1. The first-order valence-corrected chi connectivity index (χ1v) is 16.0. The fraction of sp³-hybridized carbons (Fsp3) is 0.316. The summed E-state index contributed by atoms with van der Waals surface area (Å²) in [5.41, 5.74) is 5.42. The number of benzene rings is 2. The van der Waals surface area contributed by atoms with Crippen molar-refractivity contribution >= 4 is 28.4 Å². The maximum atomic E-state index is 14.2. The quantitative estimate of drug-likeness (QED) is 0.154. The lowest BCUT2D eigenvalue weighted by atomic mass is 9.85. The second-order valence-corrected chi connectivity index (χ2v) is 12.9. The van der Waals surface area contributed by atoms with Crippen LogP contribution in [0.15, 0.2) is 90.1 Å². The van der Waals surface area contributed by atoms with Crippen molar-refractivity contribution in [2.75, 3.05) is 24.8 Å². The van der Waals surface area contributed by atoms with E-state index in [1.165, 1.54) is 0 Å². The highest BCUT2D eigenvalue weighted by Crippen LogP contribution is 2.35. The number of unbranched alkanes of at least 4 members (excludes halogenated alkanes) is 1. The third-order valence-electron chi connectivity index (χ3n) is 8.12. The van der Waals surface area contributed by atoms with E-state index < -0.39 is 6.03 Å². The predicted octanol–water partition coefficient (Wildman–Crippen LogP) is 7.84. The molecule has 2 N–H and O–H groups in total. The largest absolute Gasteiger partial charge is 0.497 e. The monoisotopic (exact) mass is 632 g/mol. The number of rotatable bonds is 11. The lowest BCUT2D eigenvalue weighted by Crippen LogP contribution is -2.30. The first-order valence-electron chi connectivity index (χ1n) is 16.0. The predicted molar refractivity (Wildman–Crippen MR) is 190 cm³/mol. The number of hydrogen-bond donors (Lipinski definition) is 2. The fourth-order valence-corrected chi connectivity index (χ4v) is 5.88. The van der Waals surface area contributed by atoms with E-state index in [0.29, 0.717) is 35.7 Å². The molecule has 0 aliphatic carbocycles. The standard InChI is InChI=1S/C38H44N6O3/c1-7-8-20-44-35-30(15-11-19-40-35)33(28-13-9-14-29(22-28)47-6)34(36(44)45)42-37(46)41-32-21-26(16-17-31(32)38(2,3)4)24-43(5)25-27-12-10-18-39-23-27/h9-19,21-23H,7-8,20,24-25H2,1-6H3,(H2,41,42,46). The zero-order chi connectivity index (χ0) is 33.6.